The van der Waals surface area contributed by atoms with Crippen LogP contribution in [0.15, 0.2) is 4.79 Å². The third-order valence-electron chi connectivity index (χ3n) is 2.71. The summed E-state index contributed by atoms with van der Waals surface area (Å²) >= 11 is 1.30. The molecule has 0 aromatic carbocycles. The van der Waals surface area contributed by atoms with Crippen molar-refractivity contribution in [3.63, 3.8) is 0 Å². The van der Waals surface area contributed by atoms with E-state index in [1.807, 2.05) is 0 Å². The largest absolute Gasteiger partial charge is 0.382 e. The second-order valence-corrected chi connectivity index (χ2v) is 4.80. The summed E-state index contributed by atoms with van der Waals surface area (Å²) in [5.74, 6) is 6.44. The quantitative estimate of drug-likeness (QED) is 0.544. The lowest BCUT2D eigenvalue weighted by Gasteiger charge is -2.01. The number of anilines is 1. The molecule has 0 radical (unpaired) electrons. The smallest absolute Gasteiger partial charge is 0.289 e. The Labute approximate surface area is 99.2 Å². The number of nitrogens with zero attached hydrogens (tertiary/aromatic N) is 4. The molecule has 88 valence electrons. The average Bonchev–Trinajstić information content (AvgIpc) is 2.76. The van der Waals surface area contributed by atoms with Gasteiger partial charge in [-0.25, -0.2) is 9.66 Å². The number of aryl methyl sites for hydroxylation is 2. The third kappa shape index (κ3) is 1.12. The summed E-state index contributed by atoms with van der Waals surface area (Å²) in [5, 5.41) is 4.84. The first kappa shape index (κ1) is 10.1. The fourth-order valence-electron chi connectivity index (χ4n) is 1.85. The fraction of sp³-hybridized carbons (Fsp3) is 0.222. The third-order valence-corrected chi connectivity index (χ3v) is 3.94. The van der Waals surface area contributed by atoms with Crippen LogP contribution in [0.25, 0.3) is 20.4 Å². The van der Waals surface area contributed by atoms with E-state index in [0.29, 0.717) is 21.9 Å². The second kappa shape index (κ2) is 2.98. The Kier molecular flexibility index (Phi) is 1.77. The number of aromatic nitrogens is 4. The topological polar surface area (TPSA) is 105 Å². The minimum absolute atomic E-state index is 0.256. The summed E-state index contributed by atoms with van der Waals surface area (Å²) < 4.78 is 3.20. The van der Waals surface area contributed by atoms with Gasteiger partial charge < -0.3 is 11.6 Å². The van der Waals surface area contributed by atoms with Gasteiger partial charge >= 0.3 is 0 Å². The van der Waals surface area contributed by atoms with Crippen LogP contribution >= 0.6 is 11.3 Å². The zero-order valence-electron chi connectivity index (χ0n) is 9.26. The molecule has 3 aromatic rings. The van der Waals surface area contributed by atoms with E-state index in [4.69, 9.17) is 11.6 Å². The summed E-state index contributed by atoms with van der Waals surface area (Å²) in [6.07, 6.45) is 0. The van der Waals surface area contributed by atoms with Crippen molar-refractivity contribution in [1.82, 2.24) is 19.4 Å². The maximum atomic E-state index is 12.0. The molecular formula is C9H10N6OS. The number of hydrogen-bond acceptors (Lipinski definition) is 6. The van der Waals surface area contributed by atoms with Gasteiger partial charge in [-0.05, 0) is 6.92 Å². The molecule has 3 heterocycles. The van der Waals surface area contributed by atoms with Crippen molar-refractivity contribution in [1.29, 1.82) is 0 Å². The van der Waals surface area contributed by atoms with Gasteiger partial charge in [-0.1, -0.05) is 0 Å². The van der Waals surface area contributed by atoms with E-state index in [-0.39, 0.29) is 5.56 Å². The molecule has 0 aliphatic rings. The van der Waals surface area contributed by atoms with E-state index in [2.05, 4.69) is 10.1 Å². The van der Waals surface area contributed by atoms with Crippen LogP contribution in [0.5, 0.6) is 0 Å². The second-order valence-electron chi connectivity index (χ2n) is 3.80. The molecule has 7 nitrogen and oxygen atoms in total. The van der Waals surface area contributed by atoms with Crippen LogP contribution < -0.4 is 17.1 Å². The van der Waals surface area contributed by atoms with Crippen LogP contribution in [0.1, 0.15) is 5.82 Å². The highest BCUT2D eigenvalue weighted by atomic mass is 32.1. The van der Waals surface area contributed by atoms with Crippen LogP contribution in [-0.4, -0.2) is 19.4 Å². The van der Waals surface area contributed by atoms with E-state index < -0.39 is 0 Å². The van der Waals surface area contributed by atoms with Crippen LogP contribution in [0, 0.1) is 6.92 Å². The van der Waals surface area contributed by atoms with Crippen molar-refractivity contribution in [3.05, 3.63) is 16.2 Å². The Hall–Kier alpha value is -2.09. The maximum absolute atomic E-state index is 12.0. The Morgan fingerprint density at radius 1 is 1.41 bits per heavy atom. The highest BCUT2D eigenvalue weighted by Crippen LogP contribution is 2.33. The Balaban J connectivity index is 2.67. The first-order valence-corrected chi connectivity index (χ1v) is 5.71. The van der Waals surface area contributed by atoms with E-state index in [9.17, 15) is 4.79 Å². The highest BCUT2D eigenvalue weighted by molar-refractivity contribution is 7.25. The molecule has 0 bridgehead atoms. The Morgan fingerprint density at radius 2 is 2.12 bits per heavy atom. The van der Waals surface area contributed by atoms with Gasteiger partial charge in [0.05, 0.1) is 5.39 Å². The number of nitrogen functional groups attached to an aromatic ring is 2. The first-order valence-electron chi connectivity index (χ1n) is 4.90. The zero-order chi connectivity index (χ0) is 12.3. The van der Waals surface area contributed by atoms with Crippen LogP contribution in [0.3, 0.4) is 0 Å². The predicted molar refractivity (Wildman–Crippen MR) is 67.5 cm³/mol. The molecule has 0 fully saturated rings. The van der Waals surface area contributed by atoms with Crippen molar-refractivity contribution in [3.8, 4) is 0 Å². The summed E-state index contributed by atoms with van der Waals surface area (Å²) in [6, 6.07) is 0. The predicted octanol–water partition coefficient (Wildman–Crippen LogP) is -0.0509. The molecule has 4 N–H and O–H groups in total. The molecule has 3 rings (SSSR count). The molecular weight excluding hydrogens is 240 g/mol. The van der Waals surface area contributed by atoms with Gasteiger partial charge in [0.15, 0.2) is 5.82 Å². The van der Waals surface area contributed by atoms with Crippen molar-refractivity contribution in [2.24, 2.45) is 7.05 Å². The lowest BCUT2D eigenvalue weighted by molar-refractivity contribution is 0.807. The molecule has 17 heavy (non-hydrogen) atoms. The first-order chi connectivity index (χ1) is 8.00. The molecule has 3 aromatic heterocycles. The van der Waals surface area contributed by atoms with Crippen LogP contribution in [0.4, 0.5) is 5.82 Å². The molecule has 0 spiro atoms. The molecule has 0 aliphatic carbocycles. The SMILES string of the molecule is Cc1nc2c(sc3c2c(N)nn3C)c(=O)n1N. The van der Waals surface area contributed by atoms with Gasteiger partial charge in [-0.15, -0.1) is 11.3 Å². The van der Waals surface area contributed by atoms with Crippen LogP contribution in [0.2, 0.25) is 0 Å². The van der Waals surface area contributed by atoms with E-state index >= 15 is 0 Å². The Morgan fingerprint density at radius 3 is 2.82 bits per heavy atom. The van der Waals surface area contributed by atoms with Crippen molar-refractivity contribution < 1.29 is 0 Å². The summed E-state index contributed by atoms with van der Waals surface area (Å²) in [7, 11) is 1.78. The zero-order valence-corrected chi connectivity index (χ0v) is 10.1. The van der Waals surface area contributed by atoms with E-state index in [1.54, 1.807) is 18.7 Å². The van der Waals surface area contributed by atoms with E-state index in [0.717, 1.165) is 14.9 Å². The van der Waals surface area contributed by atoms with Crippen LogP contribution in [-0.2, 0) is 7.05 Å². The average molecular weight is 250 g/mol. The lowest BCUT2D eigenvalue weighted by Crippen LogP contribution is -2.29. The van der Waals surface area contributed by atoms with Gasteiger partial charge in [0.1, 0.15) is 20.9 Å². The highest BCUT2D eigenvalue weighted by Gasteiger charge is 2.18. The van der Waals surface area contributed by atoms with E-state index in [1.165, 1.54) is 11.3 Å². The molecule has 0 saturated carbocycles. The molecule has 0 unspecified atom stereocenters. The standard InChI is InChI=1S/C9H10N6OS/c1-3-12-5-4-7(10)13-14(2)9(4)17-6(5)8(16)15(3)11/h11H2,1-2H3,(H2,10,13). The fourth-order valence-corrected chi connectivity index (χ4v) is 2.95. The summed E-state index contributed by atoms with van der Waals surface area (Å²) in [4.78, 5) is 17.1. The lowest BCUT2D eigenvalue weighted by atomic mass is 10.3. The number of fused-ring (bicyclic) bond motifs is 3. The molecule has 0 atom stereocenters. The van der Waals surface area contributed by atoms with Crippen molar-refractivity contribution in [2.45, 2.75) is 6.92 Å². The minimum Gasteiger partial charge on any atom is -0.382 e. The molecule has 8 heteroatoms. The molecule has 0 amide bonds. The minimum atomic E-state index is -0.256. The monoisotopic (exact) mass is 250 g/mol. The van der Waals surface area contributed by atoms with Gasteiger partial charge in [-0.2, -0.15) is 5.10 Å². The molecule has 0 aliphatic heterocycles. The number of hydrogen-bond donors (Lipinski definition) is 2. The number of nitrogens with two attached hydrogens (primary N) is 2. The summed E-state index contributed by atoms with van der Waals surface area (Å²) in [5.41, 5.74) is 6.15. The van der Waals surface area contributed by atoms with Gasteiger partial charge in [0, 0.05) is 7.05 Å². The normalized spacial score (nSPS) is 11.6. The maximum Gasteiger partial charge on any atom is 0.289 e. The van der Waals surface area contributed by atoms with Gasteiger partial charge in [0.2, 0.25) is 0 Å². The van der Waals surface area contributed by atoms with Gasteiger partial charge in [-0.3, -0.25) is 9.48 Å². The Bertz CT molecular complexity index is 810. The number of thiophene rings is 1. The summed E-state index contributed by atoms with van der Waals surface area (Å²) in [6.45, 7) is 1.68. The number of rotatable bonds is 0. The molecule has 0 saturated heterocycles. The van der Waals surface area contributed by atoms with Crippen molar-refractivity contribution in [2.75, 3.05) is 11.6 Å². The van der Waals surface area contributed by atoms with Crippen molar-refractivity contribution >= 4 is 37.6 Å². The van der Waals surface area contributed by atoms with Gasteiger partial charge in [0.25, 0.3) is 5.56 Å².